The van der Waals surface area contributed by atoms with Crippen molar-refractivity contribution in [2.24, 2.45) is 11.8 Å². The highest BCUT2D eigenvalue weighted by Gasteiger charge is 2.39. The van der Waals surface area contributed by atoms with E-state index < -0.39 is 0 Å². The van der Waals surface area contributed by atoms with Crippen molar-refractivity contribution in [3.63, 3.8) is 0 Å². The van der Waals surface area contributed by atoms with Gasteiger partial charge in [0, 0.05) is 10.5 Å². The summed E-state index contributed by atoms with van der Waals surface area (Å²) in [4.78, 5) is 12.0. The number of carbonyl (C=O) groups excluding carboxylic acids is 1. The Morgan fingerprint density at radius 2 is 2.22 bits per heavy atom. The van der Waals surface area contributed by atoms with Gasteiger partial charge in [-0.2, -0.15) is 0 Å². The molecule has 2 saturated carbocycles. The Morgan fingerprint density at radius 3 is 2.89 bits per heavy atom. The van der Waals surface area contributed by atoms with E-state index in [2.05, 4.69) is 21.2 Å². The van der Waals surface area contributed by atoms with Crippen LogP contribution in [0.25, 0.3) is 0 Å². The van der Waals surface area contributed by atoms with E-state index in [1.165, 1.54) is 25.7 Å². The molecular weight excluding hydrogens is 290 g/mol. The first-order valence-electron chi connectivity index (χ1n) is 6.74. The summed E-state index contributed by atoms with van der Waals surface area (Å²) in [6.07, 6.45) is 5.72. The van der Waals surface area contributed by atoms with E-state index in [9.17, 15) is 4.79 Å². The zero-order valence-electron chi connectivity index (χ0n) is 10.4. The first-order chi connectivity index (χ1) is 8.70. The molecule has 1 aromatic carbocycles. The van der Waals surface area contributed by atoms with Crippen LogP contribution in [0.3, 0.4) is 0 Å². The number of carbonyl (C=O) groups is 1. The molecule has 3 heteroatoms. The van der Waals surface area contributed by atoms with E-state index in [-0.39, 0.29) is 5.91 Å². The molecule has 0 heterocycles. The molecule has 0 unspecified atom stereocenters. The fourth-order valence-corrected chi connectivity index (χ4v) is 3.96. The number of fused-ring (bicyclic) bond motifs is 2. The van der Waals surface area contributed by atoms with Gasteiger partial charge in [-0.3, -0.25) is 4.79 Å². The van der Waals surface area contributed by atoms with E-state index >= 15 is 0 Å². The maximum Gasteiger partial charge on any atom is 0.224 e. The predicted octanol–water partition coefficient (Wildman–Crippen LogP) is 3.30. The normalized spacial score (nSPS) is 29.5. The van der Waals surface area contributed by atoms with Crippen LogP contribution in [-0.4, -0.2) is 11.9 Å². The van der Waals surface area contributed by atoms with E-state index in [0.717, 1.165) is 21.9 Å². The van der Waals surface area contributed by atoms with Crippen LogP contribution in [0.1, 0.15) is 31.2 Å². The number of hydrogen-bond donors (Lipinski definition) is 1. The van der Waals surface area contributed by atoms with E-state index in [0.29, 0.717) is 12.5 Å². The summed E-state index contributed by atoms with van der Waals surface area (Å²) in [6, 6.07) is 8.43. The second-order valence-corrected chi connectivity index (χ2v) is 6.57. The molecule has 0 aliphatic heterocycles. The lowest BCUT2D eigenvalue weighted by Gasteiger charge is -2.22. The van der Waals surface area contributed by atoms with Crippen LogP contribution in [0.15, 0.2) is 28.7 Å². The molecule has 18 heavy (non-hydrogen) atoms. The Labute approximate surface area is 116 Å². The summed E-state index contributed by atoms with van der Waals surface area (Å²) >= 11 is 3.44. The molecule has 2 nitrogen and oxygen atoms in total. The van der Waals surface area contributed by atoms with E-state index in [4.69, 9.17) is 0 Å². The zero-order valence-corrected chi connectivity index (χ0v) is 11.9. The predicted molar refractivity (Wildman–Crippen MR) is 75.2 cm³/mol. The van der Waals surface area contributed by atoms with Crippen LogP contribution in [0.5, 0.6) is 0 Å². The number of nitrogens with one attached hydrogen (secondary N) is 1. The lowest BCUT2D eigenvalue weighted by atomic mass is 9.95. The molecule has 3 atom stereocenters. The fraction of sp³-hybridized carbons (Fsp3) is 0.533. The molecule has 3 rings (SSSR count). The smallest absolute Gasteiger partial charge is 0.224 e. The minimum Gasteiger partial charge on any atom is -0.353 e. The average molecular weight is 308 g/mol. The molecule has 0 aromatic heterocycles. The lowest BCUT2D eigenvalue weighted by molar-refractivity contribution is -0.121. The Morgan fingerprint density at radius 1 is 1.33 bits per heavy atom. The molecule has 0 radical (unpaired) electrons. The molecule has 2 aliphatic carbocycles. The Kier molecular flexibility index (Phi) is 3.42. The summed E-state index contributed by atoms with van der Waals surface area (Å²) in [5.41, 5.74) is 1.07. The third kappa shape index (κ3) is 2.61. The third-order valence-electron chi connectivity index (χ3n) is 4.34. The number of rotatable bonds is 3. The molecule has 2 fully saturated rings. The monoisotopic (exact) mass is 307 g/mol. The Bertz CT molecular complexity index is 460. The van der Waals surface area contributed by atoms with Crippen molar-refractivity contribution in [3.8, 4) is 0 Å². The Balaban J connectivity index is 1.56. The standard InChI is InChI=1S/C15H18BrNO/c16-13-3-1-2-10(7-13)9-15(18)17-14-8-11-4-5-12(14)6-11/h1-3,7,11-12,14H,4-6,8-9H2,(H,17,18)/t11-,12-,14+/m1/s1. The van der Waals surface area contributed by atoms with Gasteiger partial charge in [0.25, 0.3) is 0 Å². The van der Waals surface area contributed by atoms with Gasteiger partial charge in [-0.1, -0.05) is 34.5 Å². The molecule has 0 saturated heterocycles. The molecule has 96 valence electrons. The highest BCUT2D eigenvalue weighted by atomic mass is 79.9. The summed E-state index contributed by atoms with van der Waals surface area (Å²) in [7, 11) is 0. The fourth-order valence-electron chi connectivity index (χ4n) is 3.51. The molecule has 2 aliphatic rings. The number of benzene rings is 1. The van der Waals surface area contributed by atoms with Gasteiger partial charge in [0.1, 0.15) is 0 Å². The van der Waals surface area contributed by atoms with Crippen molar-refractivity contribution in [1.82, 2.24) is 5.32 Å². The van der Waals surface area contributed by atoms with Gasteiger partial charge >= 0.3 is 0 Å². The SMILES string of the molecule is O=C(Cc1cccc(Br)c1)N[C@H]1C[C@@H]2CC[C@@H]1C2. The molecule has 1 aromatic rings. The molecule has 2 bridgehead atoms. The van der Waals surface area contributed by atoms with Crippen molar-refractivity contribution in [1.29, 1.82) is 0 Å². The van der Waals surface area contributed by atoms with E-state index in [1.54, 1.807) is 0 Å². The number of hydrogen-bond acceptors (Lipinski definition) is 1. The van der Waals surface area contributed by atoms with Gasteiger partial charge in [0.15, 0.2) is 0 Å². The van der Waals surface area contributed by atoms with Gasteiger partial charge in [0.2, 0.25) is 5.91 Å². The second kappa shape index (κ2) is 5.04. The van der Waals surface area contributed by atoms with Gasteiger partial charge in [-0.25, -0.2) is 0 Å². The lowest BCUT2D eigenvalue weighted by Crippen LogP contribution is -2.39. The van der Waals surface area contributed by atoms with Crippen molar-refractivity contribution in [2.75, 3.05) is 0 Å². The second-order valence-electron chi connectivity index (χ2n) is 5.66. The van der Waals surface area contributed by atoms with Crippen molar-refractivity contribution >= 4 is 21.8 Å². The highest BCUT2D eigenvalue weighted by molar-refractivity contribution is 9.10. The average Bonchev–Trinajstić information content (AvgIpc) is 2.90. The van der Waals surface area contributed by atoms with Gasteiger partial charge in [-0.15, -0.1) is 0 Å². The summed E-state index contributed by atoms with van der Waals surface area (Å²) < 4.78 is 1.03. The molecular formula is C15H18BrNO. The first-order valence-corrected chi connectivity index (χ1v) is 7.54. The zero-order chi connectivity index (χ0) is 12.5. The quantitative estimate of drug-likeness (QED) is 0.912. The van der Waals surface area contributed by atoms with Crippen molar-refractivity contribution in [3.05, 3.63) is 34.3 Å². The largest absolute Gasteiger partial charge is 0.353 e. The minimum atomic E-state index is 0.172. The maximum atomic E-state index is 12.0. The van der Waals surface area contributed by atoms with Gasteiger partial charge < -0.3 is 5.32 Å². The van der Waals surface area contributed by atoms with Crippen molar-refractivity contribution < 1.29 is 4.79 Å². The first kappa shape index (κ1) is 12.2. The maximum absolute atomic E-state index is 12.0. The van der Waals surface area contributed by atoms with Gasteiger partial charge in [0.05, 0.1) is 6.42 Å². The molecule has 1 N–H and O–H groups in total. The highest BCUT2D eigenvalue weighted by Crippen LogP contribution is 2.44. The topological polar surface area (TPSA) is 29.1 Å². The van der Waals surface area contributed by atoms with Gasteiger partial charge in [-0.05, 0) is 48.8 Å². The molecule has 0 spiro atoms. The van der Waals surface area contributed by atoms with Crippen LogP contribution in [0.2, 0.25) is 0 Å². The van der Waals surface area contributed by atoms with E-state index in [1.807, 2.05) is 24.3 Å². The summed E-state index contributed by atoms with van der Waals surface area (Å²) in [5.74, 6) is 1.80. The number of halogens is 1. The van der Waals surface area contributed by atoms with Crippen molar-refractivity contribution in [2.45, 2.75) is 38.1 Å². The summed E-state index contributed by atoms with van der Waals surface area (Å²) in [5, 5.41) is 3.22. The molecule has 1 amide bonds. The minimum absolute atomic E-state index is 0.172. The van der Waals surface area contributed by atoms with Crippen LogP contribution in [0.4, 0.5) is 0 Å². The number of amides is 1. The third-order valence-corrected chi connectivity index (χ3v) is 4.83. The van der Waals surface area contributed by atoms with Crippen LogP contribution >= 0.6 is 15.9 Å². The van der Waals surface area contributed by atoms with Crippen LogP contribution < -0.4 is 5.32 Å². The Hall–Kier alpha value is -0.830. The van der Waals surface area contributed by atoms with Crippen LogP contribution in [0, 0.1) is 11.8 Å². The van der Waals surface area contributed by atoms with Crippen LogP contribution in [-0.2, 0) is 11.2 Å². The summed E-state index contributed by atoms with van der Waals surface area (Å²) in [6.45, 7) is 0.